The van der Waals surface area contributed by atoms with Crippen molar-refractivity contribution in [2.75, 3.05) is 14.2 Å². The zero-order chi connectivity index (χ0) is 20.3. The van der Waals surface area contributed by atoms with E-state index in [1.165, 1.54) is 7.11 Å². The zero-order valence-corrected chi connectivity index (χ0v) is 16.7. The zero-order valence-electron chi connectivity index (χ0n) is 16.0. The lowest BCUT2D eigenvalue weighted by atomic mass is 10.1. The molecule has 0 fully saturated rings. The molecule has 3 rings (SSSR count). The lowest BCUT2D eigenvalue weighted by Crippen LogP contribution is -2.07. The molecule has 7 heteroatoms. The van der Waals surface area contributed by atoms with Gasteiger partial charge in [0.1, 0.15) is 5.75 Å². The van der Waals surface area contributed by atoms with Crippen molar-refractivity contribution in [2.24, 2.45) is 4.99 Å². The highest BCUT2D eigenvalue weighted by Crippen LogP contribution is 2.38. The largest absolute Gasteiger partial charge is 0.497 e. The molecule has 0 bridgehead atoms. The lowest BCUT2D eigenvalue weighted by molar-refractivity contribution is -0.129. The van der Waals surface area contributed by atoms with Gasteiger partial charge in [-0.05, 0) is 55.8 Å². The van der Waals surface area contributed by atoms with Crippen LogP contribution in [0.3, 0.4) is 0 Å². The first-order valence-electron chi connectivity index (χ1n) is 8.62. The SMILES string of the molecule is COc1cccc(C2=N/C(=C\c3cc(Cl)c(OC(C)C)c(OC)c3)C(=O)O2)c1. The topological polar surface area (TPSA) is 66.3 Å². The number of ether oxygens (including phenoxy) is 4. The molecular weight excluding hydrogens is 382 g/mol. The van der Waals surface area contributed by atoms with E-state index < -0.39 is 5.97 Å². The van der Waals surface area contributed by atoms with Crippen molar-refractivity contribution < 1.29 is 23.7 Å². The van der Waals surface area contributed by atoms with Crippen LogP contribution >= 0.6 is 11.6 Å². The summed E-state index contributed by atoms with van der Waals surface area (Å²) >= 11 is 6.34. The Bertz CT molecular complexity index is 965. The average molecular weight is 402 g/mol. The number of hydrogen-bond donors (Lipinski definition) is 0. The fraction of sp³-hybridized carbons (Fsp3) is 0.238. The summed E-state index contributed by atoms with van der Waals surface area (Å²) in [6.45, 7) is 3.80. The lowest BCUT2D eigenvalue weighted by Gasteiger charge is -2.15. The number of methoxy groups -OCH3 is 2. The van der Waals surface area contributed by atoms with E-state index in [0.717, 1.165) is 0 Å². The molecule has 0 saturated heterocycles. The van der Waals surface area contributed by atoms with Gasteiger partial charge in [0.2, 0.25) is 5.90 Å². The highest BCUT2D eigenvalue weighted by Gasteiger charge is 2.25. The number of esters is 1. The van der Waals surface area contributed by atoms with Crippen LogP contribution in [0.2, 0.25) is 5.02 Å². The molecule has 28 heavy (non-hydrogen) atoms. The van der Waals surface area contributed by atoms with Crippen LogP contribution in [0, 0.1) is 0 Å². The van der Waals surface area contributed by atoms with Gasteiger partial charge in [-0.1, -0.05) is 17.7 Å². The second kappa shape index (κ2) is 8.35. The molecule has 0 atom stereocenters. The van der Waals surface area contributed by atoms with E-state index in [9.17, 15) is 4.79 Å². The van der Waals surface area contributed by atoms with Gasteiger partial charge >= 0.3 is 5.97 Å². The summed E-state index contributed by atoms with van der Waals surface area (Å²) in [5, 5.41) is 0.378. The molecule has 0 saturated carbocycles. The first-order chi connectivity index (χ1) is 13.4. The molecule has 0 unspecified atom stereocenters. The van der Waals surface area contributed by atoms with Gasteiger partial charge in [-0.2, -0.15) is 0 Å². The van der Waals surface area contributed by atoms with E-state index in [2.05, 4.69) is 4.99 Å². The summed E-state index contributed by atoms with van der Waals surface area (Å²) < 4.78 is 21.6. The molecule has 2 aromatic carbocycles. The molecule has 1 heterocycles. The number of cyclic esters (lactones) is 1. The molecular formula is C21H20ClNO5. The van der Waals surface area contributed by atoms with Gasteiger partial charge in [-0.3, -0.25) is 0 Å². The van der Waals surface area contributed by atoms with E-state index in [1.54, 1.807) is 49.6 Å². The average Bonchev–Trinajstić information content (AvgIpc) is 3.04. The number of rotatable bonds is 6. The maximum absolute atomic E-state index is 12.2. The van der Waals surface area contributed by atoms with Gasteiger partial charge in [-0.25, -0.2) is 9.79 Å². The standard InChI is InChI=1S/C21H20ClNO5/c1-12(2)27-19-16(22)8-13(10-18(19)26-4)9-17-21(24)28-20(23-17)14-6-5-7-15(11-14)25-3/h5-12H,1-4H3/b17-9-. The van der Waals surface area contributed by atoms with Crippen molar-refractivity contribution >= 4 is 29.5 Å². The van der Waals surface area contributed by atoms with E-state index in [1.807, 2.05) is 13.8 Å². The van der Waals surface area contributed by atoms with Crippen LogP contribution in [0.1, 0.15) is 25.0 Å². The number of carbonyl (C=O) groups excluding carboxylic acids is 1. The Morgan fingerprint density at radius 1 is 1.14 bits per heavy atom. The van der Waals surface area contributed by atoms with Crippen LogP contribution in [0.25, 0.3) is 6.08 Å². The first-order valence-corrected chi connectivity index (χ1v) is 9.00. The van der Waals surface area contributed by atoms with Crippen LogP contribution in [-0.2, 0) is 9.53 Å². The minimum absolute atomic E-state index is 0.0598. The minimum atomic E-state index is -0.546. The summed E-state index contributed by atoms with van der Waals surface area (Å²) in [7, 11) is 3.09. The van der Waals surface area contributed by atoms with Crippen LogP contribution in [0.4, 0.5) is 0 Å². The Morgan fingerprint density at radius 2 is 1.93 bits per heavy atom. The number of halogens is 1. The van der Waals surface area contributed by atoms with Crippen LogP contribution in [-0.4, -0.2) is 32.2 Å². The van der Waals surface area contributed by atoms with Crippen molar-refractivity contribution in [1.82, 2.24) is 0 Å². The Kier molecular flexibility index (Phi) is 5.90. The summed E-state index contributed by atoms with van der Waals surface area (Å²) in [4.78, 5) is 16.5. The molecule has 1 aliphatic heterocycles. The molecule has 0 aliphatic carbocycles. The molecule has 6 nitrogen and oxygen atoms in total. The number of nitrogens with zero attached hydrogens (tertiary/aromatic N) is 1. The molecule has 0 spiro atoms. The maximum atomic E-state index is 12.2. The van der Waals surface area contributed by atoms with E-state index in [4.69, 9.17) is 30.5 Å². The van der Waals surface area contributed by atoms with Crippen molar-refractivity contribution in [1.29, 1.82) is 0 Å². The van der Waals surface area contributed by atoms with Crippen LogP contribution < -0.4 is 14.2 Å². The monoisotopic (exact) mass is 401 g/mol. The van der Waals surface area contributed by atoms with Gasteiger partial charge in [0.25, 0.3) is 0 Å². The fourth-order valence-corrected chi connectivity index (χ4v) is 2.88. The predicted octanol–water partition coefficient (Wildman–Crippen LogP) is 4.49. The summed E-state index contributed by atoms with van der Waals surface area (Å²) in [6, 6.07) is 10.5. The molecule has 1 aliphatic rings. The molecule has 2 aromatic rings. The Hall–Kier alpha value is -2.99. The molecule has 0 radical (unpaired) electrons. The summed E-state index contributed by atoms with van der Waals surface area (Å²) in [6.07, 6.45) is 1.53. The minimum Gasteiger partial charge on any atom is -0.497 e. The van der Waals surface area contributed by atoms with Gasteiger partial charge < -0.3 is 18.9 Å². The molecule has 0 N–H and O–H groups in total. The Labute approximate surface area is 168 Å². The summed E-state index contributed by atoms with van der Waals surface area (Å²) in [5.74, 6) is 1.24. The third-order valence-corrected chi connectivity index (χ3v) is 4.13. The molecule has 0 amide bonds. The highest BCUT2D eigenvalue weighted by molar-refractivity contribution is 6.32. The Morgan fingerprint density at radius 3 is 2.61 bits per heavy atom. The van der Waals surface area contributed by atoms with Gasteiger partial charge in [0.15, 0.2) is 17.2 Å². The van der Waals surface area contributed by atoms with Crippen molar-refractivity contribution in [3.05, 3.63) is 58.2 Å². The van der Waals surface area contributed by atoms with Crippen molar-refractivity contribution in [3.8, 4) is 17.2 Å². The third-order valence-electron chi connectivity index (χ3n) is 3.85. The Balaban J connectivity index is 1.95. The van der Waals surface area contributed by atoms with E-state index in [0.29, 0.717) is 33.4 Å². The van der Waals surface area contributed by atoms with Crippen molar-refractivity contribution in [3.63, 3.8) is 0 Å². The number of benzene rings is 2. The quantitative estimate of drug-likeness (QED) is 0.527. The normalized spacial score (nSPS) is 14.9. The number of hydrogen-bond acceptors (Lipinski definition) is 6. The van der Waals surface area contributed by atoms with E-state index >= 15 is 0 Å². The van der Waals surface area contributed by atoms with Gasteiger partial charge in [-0.15, -0.1) is 0 Å². The summed E-state index contributed by atoms with van der Waals surface area (Å²) in [5.41, 5.74) is 1.45. The van der Waals surface area contributed by atoms with Crippen LogP contribution in [0.5, 0.6) is 17.2 Å². The second-order valence-electron chi connectivity index (χ2n) is 6.27. The van der Waals surface area contributed by atoms with Crippen LogP contribution in [0.15, 0.2) is 47.1 Å². The van der Waals surface area contributed by atoms with E-state index in [-0.39, 0.29) is 17.7 Å². The molecule has 146 valence electrons. The van der Waals surface area contributed by atoms with Crippen molar-refractivity contribution in [2.45, 2.75) is 20.0 Å². The fourth-order valence-electron chi connectivity index (χ4n) is 2.62. The predicted molar refractivity (Wildman–Crippen MR) is 107 cm³/mol. The second-order valence-corrected chi connectivity index (χ2v) is 6.68. The van der Waals surface area contributed by atoms with Gasteiger partial charge in [0.05, 0.1) is 25.3 Å². The highest BCUT2D eigenvalue weighted by atomic mass is 35.5. The smallest absolute Gasteiger partial charge is 0.363 e. The maximum Gasteiger partial charge on any atom is 0.363 e. The number of aliphatic imine (C=N–C) groups is 1. The molecule has 0 aromatic heterocycles. The third kappa shape index (κ3) is 4.28. The first kappa shape index (κ1) is 19.8. The number of carbonyl (C=O) groups is 1. The van der Waals surface area contributed by atoms with Gasteiger partial charge in [0, 0.05) is 5.56 Å².